The molecule has 1 N–H and O–H groups in total. The highest BCUT2D eigenvalue weighted by atomic mass is 16.3. The van der Waals surface area contributed by atoms with E-state index in [0.717, 1.165) is 17.5 Å². The number of hydrogen-bond acceptors (Lipinski definition) is 2. The highest BCUT2D eigenvalue weighted by molar-refractivity contribution is 6.04. The molecule has 2 nitrogen and oxygen atoms in total. The molecule has 96 valence electrons. The van der Waals surface area contributed by atoms with Crippen molar-refractivity contribution in [3.63, 3.8) is 0 Å². The van der Waals surface area contributed by atoms with Crippen LogP contribution in [0.3, 0.4) is 0 Å². The molecule has 0 aliphatic heterocycles. The molecular weight excluding hydrogens is 236 g/mol. The predicted molar refractivity (Wildman–Crippen MR) is 74.2 cm³/mol. The molecule has 0 saturated heterocycles. The molecule has 2 aromatic carbocycles. The van der Waals surface area contributed by atoms with Gasteiger partial charge in [-0.15, -0.1) is 0 Å². The van der Waals surface area contributed by atoms with Crippen LogP contribution in [0.15, 0.2) is 54.6 Å². The molecule has 1 aliphatic carbocycles. The Bertz CT molecular complexity index is 604. The van der Waals surface area contributed by atoms with Crippen LogP contribution in [0, 0.1) is 0 Å². The summed E-state index contributed by atoms with van der Waals surface area (Å²) in [5, 5.41) is 10.7. The number of Topliss-reactive ketones (excluding diaryl/α,β-unsaturated/α-hetero) is 1. The van der Waals surface area contributed by atoms with Crippen molar-refractivity contribution in [3.05, 3.63) is 71.3 Å². The van der Waals surface area contributed by atoms with Crippen LogP contribution in [0.5, 0.6) is 0 Å². The monoisotopic (exact) mass is 252 g/mol. The number of benzene rings is 2. The number of rotatable bonds is 2. The minimum absolute atomic E-state index is 0.141. The van der Waals surface area contributed by atoms with E-state index in [1.807, 2.05) is 54.6 Å². The van der Waals surface area contributed by atoms with Gasteiger partial charge in [-0.25, -0.2) is 0 Å². The van der Waals surface area contributed by atoms with Gasteiger partial charge in [-0.2, -0.15) is 0 Å². The average Bonchev–Trinajstić information content (AvgIpc) is 2.45. The summed E-state index contributed by atoms with van der Waals surface area (Å²) >= 11 is 0. The molecule has 0 radical (unpaired) electrons. The lowest BCUT2D eigenvalue weighted by atomic mass is 9.76. The first-order chi connectivity index (χ1) is 9.19. The van der Waals surface area contributed by atoms with Crippen LogP contribution < -0.4 is 0 Å². The second kappa shape index (κ2) is 4.63. The van der Waals surface area contributed by atoms with E-state index in [9.17, 15) is 9.90 Å². The van der Waals surface area contributed by atoms with Crippen LogP contribution in [-0.4, -0.2) is 16.5 Å². The fourth-order valence-corrected chi connectivity index (χ4v) is 2.77. The Balaban J connectivity index is 1.92. The Morgan fingerprint density at radius 1 is 1.00 bits per heavy atom. The van der Waals surface area contributed by atoms with Crippen molar-refractivity contribution in [1.82, 2.24) is 0 Å². The van der Waals surface area contributed by atoms with E-state index >= 15 is 0 Å². The normalized spacial score (nSPS) is 22.1. The summed E-state index contributed by atoms with van der Waals surface area (Å²) in [6.07, 6.45) is 1.64. The maximum Gasteiger partial charge on any atom is 0.194 e. The van der Waals surface area contributed by atoms with E-state index in [2.05, 4.69) is 0 Å². The van der Waals surface area contributed by atoms with Crippen molar-refractivity contribution >= 4 is 5.78 Å². The maximum absolute atomic E-state index is 12.5. The lowest BCUT2D eigenvalue weighted by Crippen LogP contribution is -2.44. The van der Waals surface area contributed by atoms with Crippen molar-refractivity contribution < 1.29 is 9.90 Å². The lowest BCUT2D eigenvalue weighted by Gasteiger charge is -2.32. The van der Waals surface area contributed by atoms with Gasteiger partial charge in [0, 0.05) is 12.0 Å². The predicted octanol–water partition coefficient (Wildman–Crippen LogP) is 2.79. The third-order valence-corrected chi connectivity index (χ3v) is 3.83. The quantitative estimate of drug-likeness (QED) is 0.892. The van der Waals surface area contributed by atoms with Gasteiger partial charge >= 0.3 is 0 Å². The zero-order valence-corrected chi connectivity index (χ0v) is 10.7. The smallest absolute Gasteiger partial charge is 0.194 e. The Morgan fingerprint density at radius 3 is 2.47 bits per heavy atom. The van der Waals surface area contributed by atoms with Gasteiger partial charge in [-0.05, 0) is 24.0 Å². The van der Waals surface area contributed by atoms with Crippen LogP contribution in [0.1, 0.15) is 27.9 Å². The Kier molecular flexibility index (Phi) is 2.96. The average molecular weight is 252 g/mol. The summed E-state index contributed by atoms with van der Waals surface area (Å²) in [7, 11) is 0. The maximum atomic E-state index is 12.5. The Hall–Kier alpha value is -1.93. The first-order valence-corrected chi connectivity index (χ1v) is 6.58. The van der Waals surface area contributed by atoms with Gasteiger partial charge in [0.25, 0.3) is 0 Å². The van der Waals surface area contributed by atoms with Gasteiger partial charge < -0.3 is 5.11 Å². The molecule has 19 heavy (non-hydrogen) atoms. The first kappa shape index (κ1) is 12.1. The van der Waals surface area contributed by atoms with E-state index in [1.165, 1.54) is 0 Å². The number of carbonyl (C=O) groups is 1. The number of carbonyl (C=O) groups excluding carboxylic acids is 1. The van der Waals surface area contributed by atoms with E-state index in [1.54, 1.807) is 0 Å². The number of aliphatic hydroxyl groups is 1. The lowest BCUT2D eigenvalue weighted by molar-refractivity contribution is 0.0245. The fraction of sp³-hybridized carbons (Fsp3) is 0.235. The third kappa shape index (κ3) is 2.20. The summed E-state index contributed by atoms with van der Waals surface area (Å²) in [6, 6.07) is 17.3. The Morgan fingerprint density at radius 2 is 1.68 bits per heavy atom. The highest BCUT2D eigenvalue weighted by Crippen LogP contribution is 2.31. The molecule has 0 saturated carbocycles. The molecule has 0 unspecified atom stereocenters. The van der Waals surface area contributed by atoms with Crippen LogP contribution in [0.4, 0.5) is 0 Å². The Labute approximate surface area is 112 Å². The molecule has 2 aromatic rings. The molecular formula is C17H16O2. The van der Waals surface area contributed by atoms with Crippen LogP contribution in [-0.2, 0) is 12.8 Å². The second-order valence-corrected chi connectivity index (χ2v) is 5.18. The molecule has 1 atom stereocenters. The van der Waals surface area contributed by atoms with E-state index in [4.69, 9.17) is 0 Å². The number of aryl methyl sites for hydroxylation is 1. The van der Waals surface area contributed by atoms with Crippen LogP contribution in [0.25, 0.3) is 0 Å². The van der Waals surface area contributed by atoms with Crippen LogP contribution in [0.2, 0.25) is 0 Å². The molecule has 0 heterocycles. The van der Waals surface area contributed by atoms with Crippen LogP contribution >= 0.6 is 0 Å². The summed E-state index contributed by atoms with van der Waals surface area (Å²) in [5.74, 6) is -0.141. The van der Waals surface area contributed by atoms with E-state index in [-0.39, 0.29) is 5.78 Å². The van der Waals surface area contributed by atoms with Gasteiger partial charge in [0.15, 0.2) is 5.78 Å². The standard InChI is InChI=1S/C17H16O2/c18-16-15-9-5-4-8-14(15)10-11-17(16,19)12-13-6-2-1-3-7-13/h1-9,19H,10-12H2/t17-/m1/s1. The van der Waals surface area contributed by atoms with Gasteiger partial charge in [-0.3, -0.25) is 4.79 Å². The fourth-order valence-electron chi connectivity index (χ4n) is 2.77. The zero-order chi connectivity index (χ0) is 13.3. The molecule has 1 aliphatic rings. The minimum atomic E-state index is -1.25. The number of hydrogen-bond donors (Lipinski definition) is 1. The zero-order valence-electron chi connectivity index (χ0n) is 10.7. The van der Waals surface area contributed by atoms with Crippen molar-refractivity contribution in [2.75, 3.05) is 0 Å². The molecule has 3 rings (SSSR count). The van der Waals surface area contributed by atoms with Crippen molar-refractivity contribution in [3.8, 4) is 0 Å². The van der Waals surface area contributed by atoms with Gasteiger partial charge in [0.2, 0.25) is 0 Å². The van der Waals surface area contributed by atoms with Gasteiger partial charge in [0.1, 0.15) is 5.60 Å². The van der Waals surface area contributed by atoms with E-state index in [0.29, 0.717) is 18.4 Å². The highest BCUT2D eigenvalue weighted by Gasteiger charge is 2.40. The topological polar surface area (TPSA) is 37.3 Å². The molecule has 2 heteroatoms. The molecule has 0 aromatic heterocycles. The molecule has 0 spiro atoms. The van der Waals surface area contributed by atoms with Crippen molar-refractivity contribution in [1.29, 1.82) is 0 Å². The largest absolute Gasteiger partial charge is 0.381 e. The summed E-state index contributed by atoms with van der Waals surface area (Å²) < 4.78 is 0. The summed E-state index contributed by atoms with van der Waals surface area (Å²) in [4.78, 5) is 12.5. The summed E-state index contributed by atoms with van der Waals surface area (Å²) in [6.45, 7) is 0. The number of fused-ring (bicyclic) bond motifs is 1. The first-order valence-electron chi connectivity index (χ1n) is 6.58. The molecule has 0 amide bonds. The number of ketones is 1. The third-order valence-electron chi connectivity index (χ3n) is 3.83. The van der Waals surface area contributed by atoms with E-state index < -0.39 is 5.60 Å². The second-order valence-electron chi connectivity index (χ2n) is 5.18. The van der Waals surface area contributed by atoms with Crippen molar-refractivity contribution in [2.24, 2.45) is 0 Å². The molecule has 0 bridgehead atoms. The minimum Gasteiger partial charge on any atom is -0.381 e. The molecule has 0 fully saturated rings. The van der Waals surface area contributed by atoms with Crippen molar-refractivity contribution in [2.45, 2.75) is 24.9 Å². The summed E-state index contributed by atoms with van der Waals surface area (Å²) in [5.41, 5.74) is 1.46. The van der Waals surface area contributed by atoms with Gasteiger partial charge in [0.05, 0.1) is 0 Å². The van der Waals surface area contributed by atoms with Gasteiger partial charge in [-0.1, -0.05) is 54.6 Å². The SMILES string of the molecule is O=C1c2ccccc2CC[C@@]1(O)Cc1ccccc1.